The van der Waals surface area contributed by atoms with Crippen molar-refractivity contribution in [3.63, 3.8) is 0 Å². The number of hydrogen-bond donors (Lipinski definition) is 1. The third-order valence-corrected chi connectivity index (χ3v) is 5.08. The molecule has 3 aromatic rings. The summed E-state index contributed by atoms with van der Waals surface area (Å²) < 4.78 is 1.60. The van der Waals surface area contributed by atoms with E-state index >= 15 is 0 Å². The molecule has 126 valence electrons. The molecule has 4 heterocycles. The van der Waals surface area contributed by atoms with Crippen molar-refractivity contribution in [3.05, 3.63) is 51.7 Å². The molecule has 1 fully saturated rings. The quantitative estimate of drug-likeness (QED) is 0.773. The largest absolute Gasteiger partial charge is 0.308 e. The van der Waals surface area contributed by atoms with Crippen molar-refractivity contribution >= 4 is 22.6 Å². The predicted molar refractivity (Wildman–Crippen MR) is 92.9 cm³/mol. The molecule has 1 amide bonds. The van der Waals surface area contributed by atoms with Crippen LogP contribution in [0.4, 0.5) is 5.69 Å². The van der Waals surface area contributed by atoms with E-state index in [9.17, 15) is 9.59 Å². The molecule has 0 spiro atoms. The van der Waals surface area contributed by atoms with Crippen molar-refractivity contribution in [1.82, 2.24) is 19.7 Å². The first kappa shape index (κ1) is 14.4. The van der Waals surface area contributed by atoms with Gasteiger partial charge in [0.05, 0.1) is 16.6 Å². The monoisotopic (exact) mass is 335 g/mol. The molecule has 2 aliphatic rings. The highest BCUT2D eigenvalue weighted by Crippen LogP contribution is 2.40. The van der Waals surface area contributed by atoms with Crippen LogP contribution in [0.25, 0.3) is 11.0 Å². The number of amides is 1. The molecule has 1 aliphatic carbocycles. The van der Waals surface area contributed by atoms with Gasteiger partial charge in [0.1, 0.15) is 0 Å². The van der Waals surface area contributed by atoms with E-state index in [1.54, 1.807) is 29.0 Å². The van der Waals surface area contributed by atoms with Gasteiger partial charge in [-0.1, -0.05) is 0 Å². The van der Waals surface area contributed by atoms with Gasteiger partial charge in [0.15, 0.2) is 5.65 Å². The molecule has 0 aromatic carbocycles. The van der Waals surface area contributed by atoms with Crippen LogP contribution < -0.4 is 10.5 Å². The number of pyridine rings is 2. The molecular formula is C18H17N5O2. The Morgan fingerprint density at radius 2 is 2.20 bits per heavy atom. The maximum absolute atomic E-state index is 13.3. The molecule has 7 nitrogen and oxygen atoms in total. The van der Waals surface area contributed by atoms with Crippen molar-refractivity contribution in [2.45, 2.75) is 25.2 Å². The zero-order valence-electron chi connectivity index (χ0n) is 13.8. The van der Waals surface area contributed by atoms with Crippen molar-refractivity contribution in [3.8, 4) is 0 Å². The Balaban J connectivity index is 1.70. The van der Waals surface area contributed by atoms with E-state index in [1.807, 2.05) is 12.1 Å². The van der Waals surface area contributed by atoms with Gasteiger partial charge in [0.25, 0.3) is 11.5 Å². The van der Waals surface area contributed by atoms with Gasteiger partial charge in [-0.2, -0.15) is 0 Å². The third-order valence-electron chi connectivity index (χ3n) is 5.08. The van der Waals surface area contributed by atoms with Gasteiger partial charge in [-0.3, -0.25) is 24.4 Å². The number of carbonyl (C=O) groups is 1. The Morgan fingerprint density at radius 1 is 1.36 bits per heavy atom. The highest BCUT2D eigenvalue weighted by Gasteiger charge is 2.32. The SMILES string of the molecule is Cn1[nH]c(=O)c2c(C(=O)N3CCc4cnccc43)cc(C3CC3)nc21. The summed E-state index contributed by atoms with van der Waals surface area (Å²) >= 11 is 0. The predicted octanol–water partition coefficient (Wildman–Crippen LogP) is 1.74. The maximum atomic E-state index is 13.3. The smallest absolute Gasteiger partial charge is 0.274 e. The molecule has 3 aromatic heterocycles. The molecule has 7 heteroatoms. The van der Waals surface area contributed by atoms with Crippen molar-refractivity contribution in [1.29, 1.82) is 0 Å². The van der Waals surface area contributed by atoms with E-state index in [0.717, 1.165) is 36.2 Å². The third kappa shape index (κ3) is 2.12. The van der Waals surface area contributed by atoms with Crippen LogP contribution in [0, 0.1) is 0 Å². The number of H-pyrrole nitrogens is 1. The molecule has 0 atom stereocenters. The fraction of sp³-hybridized carbons (Fsp3) is 0.333. The average Bonchev–Trinajstić information content (AvgIpc) is 3.32. The molecular weight excluding hydrogens is 318 g/mol. The van der Waals surface area contributed by atoms with Gasteiger partial charge >= 0.3 is 0 Å². The minimum atomic E-state index is -0.273. The fourth-order valence-electron chi connectivity index (χ4n) is 3.62. The summed E-state index contributed by atoms with van der Waals surface area (Å²) in [6.45, 7) is 0.604. The first-order chi connectivity index (χ1) is 12.1. The van der Waals surface area contributed by atoms with Gasteiger partial charge in [0, 0.05) is 37.6 Å². The number of hydrogen-bond acceptors (Lipinski definition) is 4. The van der Waals surface area contributed by atoms with Gasteiger partial charge in [-0.25, -0.2) is 4.98 Å². The van der Waals surface area contributed by atoms with Gasteiger partial charge in [-0.15, -0.1) is 0 Å². The Bertz CT molecular complexity index is 1080. The van der Waals surface area contributed by atoms with Crippen LogP contribution >= 0.6 is 0 Å². The number of nitrogens with zero attached hydrogens (tertiary/aromatic N) is 4. The number of fused-ring (bicyclic) bond motifs is 2. The van der Waals surface area contributed by atoms with Crippen LogP contribution in [0.15, 0.2) is 29.3 Å². The summed E-state index contributed by atoms with van der Waals surface area (Å²) in [7, 11) is 1.75. The minimum Gasteiger partial charge on any atom is -0.308 e. The standard InChI is InChI=1S/C18H17N5O2/c1-22-16-15(17(24)21-22)12(8-13(20-16)10-2-3-10)18(25)23-7-5-11-9-19-6-4-14(11)23/h4,6,8-10H,2-3,5,7H2,1H3,(H,21,24). The normalized spacial score (nSPS) is 16.4. The van der Waals surface area contributed by atoms with Crippen molar-refractivity contribution in [2.24, 2.45) is 7.05 Å². The van der Waals surface area contributed by atoms with Crippen LogP contribution in [0.1, 0.15) is 40.4 Å². The topological polar surface area (TPSA) is 83.9 Å². The van der Waals surface area contributed by atoms with E-state index in [2.05, 4.69) is 15.1 Å². The zero-order chi connectivity index (χ0) is 17.1. The number of aryl methyl sites for hydroxylation is 1. The lowest BCUT2D eigenvalue weighted by molar-refractivity contribution is 0.0990. The summed E-state index contributed by atoms with van der Waals surface area (Å²) in [4.78, 5) is 36.2. The number of aromatic amines is 1. The van der Waals surface area contributed by atoms with E-state index in [4.69, 9.17) is 0 Å². The molecule has 1 aliphatic heterocycles. The highest BCUT2D eigenvalue weighted by atomic mass is 16.2. The second-order valence-corrected chi connectivity index (χ2v) is 6.78. The van der Waals surface area contributed by atoms with E-state index in [-0.39, 0.29) is 11.5 Å². The molecule has 0 unspecified atom stereocenters. The number of aromatic nitrogens is 4. The Morgan fingerprint density at radius 3 is 3.00 bits per heavy atom. The van der Waals surface area contributed by atoms with Gasteiger partial charge in [0.2, 0.25) is 0 Å². The highest BCUT2D eigenvalue weighted by molar-refractivity contribution is 6.14. The molecule has 25 heavy (non-hydrogen) atoms. The fourth-order valence-corrected chi connectivity index (χ4v) is 3.62. The number of nitrogens with one attached hydrogen (secondary N) is 1. The lowest BCUT2D eigenvalue weighted by atomic mass is 10.1. The van der Waals surface area contributed by atoms with E-state index in [1.165, 1.54) is 0 Å². The van der Waals surface area contributed by atoms with Crippen molar-refractivity contribution in [2.75, 3.05) is 11.4 Å². The minimum absolute atomic E-state index is 0.143. The first-order valence-corrected chi connectivity index (χ1v) is 8.48. The molecule has 5 rings (SSSR count). The first-order valence-electron chi connectivity index (χ1n) is 8.48. The summed E-state index contributed by atoms with van der Waals surface area (Å²) in [6.07, 6.45) is 6.45. The van der Waals surface area contributed by atoms with E-state index in [0.29, 0.717) is 29.1 Å². The van der Waals surface area contributed by atoms with Crippen LogP contribution in [0.2, 0.25) is 0 Å². The lowest BCUT2D eigenvalue weighted by Gasteiger charge is -2.18. The van der Waals surface area contributed by atoms with Crippen molar-refractivity contribution < 1.29 is 4.79 Å². The second kappa shape index (κ2) is 5.02. The summed E-state index contributed by atoms with van der Waals surface area (Å²) in [5.74, 6) is 0.256. The number of carbonyl (C=O) groups excluding carboxylic acids is 1. The Labute approximate surface area is 143 Å². The number of rotatable bonds is 2. The summed E-state index contributed by atoms with van der Waals surface area (Å²) in [6, 6.07) is 3.67. The van der Waals surface area contributed by atoms with Crippen LogP contribution in [-0.2, 0) is 13.5 Å². The average molecular weight is 335 g/mol. The second-order valence-electron chi connectivity index (χ2n) is 6.78. The molecule has 0 bridgehead atoms. The molecule has 1 N–H and O–H groups in total. The molecule has 0 saturated heterocycles. The molecule has 0 radical (unpaired) electrons. The van der Waals surface area contributed by atoms with Gasteiger partial charge < -0.3 is 4.90 Å². The van der Waals surface area contributed by atoms with Crippen LogP contribution in [-0.4, -0.2) is 32.2 Å². The maximum Gasteiger partial charge on any atom is 0.274 e. The zero-order valence-corrected chi connectivity index (χ0v) is 13.8. The summed E-state index contributed by atoms with van der Waals surface area (Å²) in [5, 5.41) is 3.10. The van der Waals surface area contributed by atoms with Crippen LogP contribution in [0.3, 0.4) is 0 Å². The Hall–Kier alpha value is -2.96. The lowest BCUT2D eigenvalue weighted by Crippen LogP contribution is -2.30. The Kier molecular flexibility index (Phi) is 2.89. The molecule has 1 saturated carbocycles. The van der Waals surface area contributed by atoms with Crippen LogP contribution in [0.5, 0.6) is 0 Å². The number of anilines is 1. The summed E-state index contributed by atoms with van der Waals surface area (Å²) in [5.41, 5.74) is 3.56. The van der Waals surface area contributed by atoms with Gasteiger partial charge in [-0.05, 0) is 37.0 Å². The van der Waals surface area contributed by atoms with E-state index < -0.39 is 0 Å².